The van der Waals surface area contributed by atoms with Crippen LogP contribution in [0.15, 0.2) is 23.8 Å². The Hall–Kier alpha value is -1.15. The first-order chi connectivity index (χ1) is 12.3. The molecular formula is C19H39BN2O4. The molecule has 0 heterocycles. The zero-order valence-electron chi connectivity index (χ0n) is 16.9. The summed E-state index contributed by atoms with van der Waals surface area (Å²) in [5.74, 6) is -0.842. The number of unbranched alkanes of at least 4 members (excludes halogenated alkanes) is 1. The molecular weight excluding hydrogens is 331 g/mol. The molecule has 0 aromatic heterocycles. The van der Waals surface area contributed by atoms with Gasteiger partial charge in [-0.25, -0.2) is 0 Å². The van der Waals surface area contributed by atoms with Crippen LogP contribution < -0.4 is 11.5 Å². The number of nitrogens with two attached hydrogens (primary N) is 2. The fraction of sp³-hybridized carbons (Fsp3) is 0.737. The highest BCUT2D eigenvalue weighted by Crippen LogP contribution is 2.37. The minimum absolute atomic E-state index is 0.0871. The Labute approximate surface area is 159 Å². The van der Waals surface area contributed by atoms with Crippen molar-refractivity contribution in [3.05, 3.63) is 23.8 Å². The molecule has 6 nitrogen and oxygen atoms in total. The van der Waals surface area contributed by atoms with Crippen molar-refractivity contribution in [3.63, 3.8) is 0 Å². The first kappa shape index (κ1) is 27.1. The highest BCUT2D eigenvalue weighted by molar-refractivity contribution is 6.40. The van der Waals surface area contributed by atoms with Gasteiger partial charge >= 0.3 is 13.1 Å². The summed E-state index contributed by atoms with van der Waals surface area (Å²) in [7, 11) is -1.30. The van der Waals surface area contributed by atoms with Gasteiger partial charge < -0.3 is 26.6 Å². The Morgan fingerprint density at radius 3 is 2.08 bits per heavy atom. The zero-order chi connectivity index (χ0) is 20.6. The molecule has 1 fully saturated rings. The smallest absolute Gasteiger partial charge is 0.451 e. The van der Waals surface area contributed by atoms with Crippen LogP contribution in [0.3, 0.4) is 0 Å². The van der Waals surface area contributed by atoms with Crippen LogP contribution in [0.1, 0.15) is 66.2 Å². The summed E-state index contributed by atoms with van der Waals surface area (Å²) in [6, 6.07) is 0. The molecule has 0 spiro atoms. The minimum Gasteiger partial charge on any atom is -0.480 e. The van der Waals surface area contributed by atoms with Crippen molar-refractivity contribution in [1.29, 1.82) is 0 Å². The van der Waals surface area contributed by atoms with Gasteiger partial charge in [0, 0.05) is 6.54 Å². The summed E-state index contributed by atoms with van der Waals surface area (Å²) in [6.45, 7) is 8.61. The second-order valence-electron chi connectivity index (χ2n) is 6.27. The van der Waals surface area contributed by atoms with Crippen molar-refractivity contribution in [3.8, 4) is 0 Å². The van der Waals surface area contributed by atoms with Crippen molar-refractivity contribution in [2.45, 2.75) is 78.1 Å². The van der Waals surface area contributed by atoms with Crippen molar-refractivity contribution in [1.82, 2.24) is 0 Å². The van der Waals surface area contributed by atoms with Gasteiger partial charge in [-0.15, -0.1) is 0 Å². The normalized spacial score (nSPS) is 16.5. The summed E-state index contributed by atoms with van der Waals surface area (Å²) in [4.78, 5) is 11.2. The van der Waals surface area contributed by atoms with Crippen molar-refractivity contribution in [2.24, 2.45) is 17.4 Å². The van der Waals surface area contributed by atoms with Crippen LogP contribution >= 0.6 is 0 Å². The monoisotopic (exact) mass is 370 g/mol. The Bertz CT molecular complexity index is 421. The van der Waals surface area contributed by atoms with Gasteiger partial charge in [-0.2, -0.15) is 0 Å². The maximum atomic E-state index is 11.2. The number of carboxylic acids is 1. The van der Waals surface area contributed by atoms with Gasteiger partial charge in [0.25, 0.3) is 0 Å². The topological polar surface area (TPSA) is 130 Å². The van der Waals surface area contributed by atoms with Crippen LogP contribution in [-0.4, -0.2) is 40.3 Å². The van der Waals surface area contributed by atoms with E-state index in [0.29, 0.717) is 25.8 Å². The molecule has 1 atom stereocenters. The number of rotatable bonds is 9. The van der Waals surface area contributed by atoms with E-state index in [-0.39, 0.29) is 12.2 Å². The zero-order valence-corrected chi connectivity index (χ0v) is 16.9. The Morgan fingerprint density at radius 1 is 1.23 bits per heavy atom. The van der Waals surface area contributed by atoms with Gasteiger partial charge in [0.15, 0.2) is 0 Å². The molecule has 1 rings (SSSR count). The molecule has 0 aliphatic heterocycles. The van der Waals surface area contributed by atoms with Gasteiger partial charge in [0.05, 0.1) is 0 Å². The van der Waals surface area contributed by atoms with Crippen molar-refractivity contribution >= 4 is 13.1 Å². The van der Waals surface area contributed by atoms with Crippen molar-refractivity contribution < 1.29 is 19.9 Å². The average molecular weight is 370 g/mol. The lowest BCUT2D eigenvalue weighted by molar-refractivity contribution is -0.147. The second-order valence-corrected chi connectivity index (χ2v) is 6.27. The quantitative estimate of drug-likeness (QED) is 0.241. The first-order valence-electron chi connectivity index (χ1n) is 9.68. The highest BCUT2D eigenvalue weighted by Gasteiger charge is 2.44. The third-order valence-corrected chi connectivity index (χ3v) is 4.52. The van der Waals surface area contributed by atoms with E-state index in [4.69, 9.17) is 26.6 Å². The minimum atomic E-state index is -1.30. The number of hydrogen-bond donors (Lipinski definition) is 5. The lowest BCUT2D eigenvalue weighted by Gasteiger charge is -2.39. The molecule has 26 heavy (non-hydrogen) atoms. The fourth-order valence-electron chi connectivity index (χ4n) is 2.65. The third-order valence-electron chi connectivity index (χ3n) is 4.52. The molecule has 7 heteroatoms. The molecule has 1 unspecified atom stereocenters. The van der Waals surface area contributed by atoms with E-state index in [0.717, 1.165) is 19.3 Å². The first-order valence-corrected chi connectivity index (χ1v) is 9.68. The summed E-state index contributed by atoms with van der Waals surface area (Å²) in [5, 5.41) is 26.5. The van der Waals surface area contributed by atoms with E-state index >= 15 is 0 Å². The SMILES string of the molecule is C/C=C\C(=C/C)CN.CC.NC(CCCCB(O)O)(C(=O)O)C1CCC1. The highest BCUT2D eigenvalue weighted by atomic mass is 16.4. The van der Waals surface area contributed by atoms with Crippen LogP contribution in [0.4, 0.5) is 0 Å². The summed E-state index contributed by atoms with van der Waals surface area (Å²) in [5.41, 5.74) is 11.4. The number of carbonyl (C=O) groups is 1. The number of hydrogen-bond acceptors (Lipinski definition) is 5. The van der Waals surface area contributed by atoms with E-state index in [9.17, 15) is 4.79 Å². The molecule has 0 aromatic carbocycles. The van der Waals surface area contributed by atoms with Crippen LogP contribution in [0.5, 0.6) is 0 Å². The van der Waals surface area contributed by atoms with E-state index in [2.05, 4.69) is 0 Å². The standard InChI is InChI=1S/C10H20BNO4.C7H13N.C2H6/c12-10(9(13)14,8-4-3-5-8)6-1-2-7-11(15)16;1-3-5-7(4-2)6-8;1-2/h8,15-16H,1-7,12H2,(H,13,14);3-5H,6,8H2,1-2H3;1-2H3/b;5-3-,7-4+;. The summed E-state index contributed by atoms with van der Waals surface area (Å²) >= 11 is 0. The Morgan fingerprint density at radius 2 is 1.81 bits per heavy atom. The number of aliphatic carboxylic acids is 1. The van der Waals surface area contributed by atoms with Crippen molar-refractivity contribution in [2.75, 3.05) is 6.54 Å². The largest absolute Gasteiger partial charge is 0.480 e. The molecule has 152 valence electrons. The van der Waals surface area contributed by atoms with E-state index < -0.39 is 18.6 Å². The molecule has 0 saturated heterocycles. The van der Waals surface area contributed by atoms with Gasteiger partial charge in [-0.05, 0) is 50.9 Å². The average Bonchev–Trinajstić information content (AvgIpc) is 2.57. The fourth-order valence-corrected chi connectivity index (χ4v) is 2.65. The molecule has 7 N–H and O–H groups in total. The predicted octanol–water partition coefficient (Wildman–Crippen LogP) is 2.71. The maximum Gasteiger partial charge on any atom is 0.451 e. The van der Waals surface area contributed by atoms with E-state index in [1.54, 1.807) is 0 Å². The predicted molar refractivity (Wildman–Crippen MR) is 110 cm³/mol. The molecule has 0 aromatic rings. The second kappa shape index (κ2) is 16.1. The number of allylic oxidation sites excluding steroid dienone is 2. The lowest BCUT2D eigenvalue weighted by atomic mass is 9.68. The third kappa shape index (κ3) is 10.8. The molecule has 1 aliphatic rings. The summed E-state index contributed by atoms with van der Waals surface area (Å²) < 4.78 is 0. The molecule has 0 bridgehead atoms. The van der Waals surface area contributed by atoms with Crippen LogP contribution in [-0.2, 0) is 4.79 Å². The Balaban J connectivity index is 0. The van der Waals surface area contributed by atoms with Gasteiger partial charge in [0.2, 0.25) is 0 Å². The van der Waals surface area contributed by atoms with E-state index in [1.807, 2.05) is 45.9 Å². The Kier molecular flexibility index (Phi) is 16.7. The van der Waals surface area contributed by atoms with Gasteiger partial charge in [0.1, 0.15) is 5.54 Å². The number of carboxylic acid groups (broad SMARTS) is 1. The van der Waals surface area contributed by atoms with E-state index in [1.165, 1.54) is 5.57 Å². The molecule has 0 amide bonds. The molecule has 1 aliphatic carbocycles. The maximum absolute atomic E-state index is 11.2. The van der Waals surface area contributed by atoms with Crippen LogP contribution in [0.25, 0.3) is 0 Å². The van der Waals surface area contributed by atoms with Crippen LogP contribution in [0, 0.1) is 5.92 Å². The summed E-state index contributed by atoms with van der Waals surface area (Å²) in [6.07, 6.45) is 10.8. The molecule has 0 radical (unpaired) electrons. The lowest BCUT2D eigenvalue weighted by Crippen LogP contribution is -2.56. The van der Waals surface area contributed by atoms with Gasteiger partial charge in [-0.3, -0.25) is 4.79 Å². The van der Waals surface area contributed by atoms with Gasteiger partial charge in [-0.1, -0.05) is 51.3 Å². The van der Waals surface area contributed by atoms with Crippen LogP contribution in [0.2, 0.25) is 6.32 Å². The molecule has 1 saturated carbocycles.